The number of piperidine rings is 1. The van der Waals surface area contributed by atoms with Crippen molar-refractivity contribution in [2.75, 3.05) is 11.4 Å². The quantitative estimate of drug-likeness (QED) is 0.923. The number of aliphatic carboxylic acids is 1. The van der Waals surface area contributed by atoms with Crippen molar-refractivity contribution < 1.29 is 9.90 Å². The molecule has 0 bridgehead atoms. The topological polar surface area (TPSA) is 64.3 Å². The molecule has 0 aliphatic carbocycles. The summed E-state index contributed by atoms with van der Waals surface area (Å²) in [6.07, 6.45) is 4.06. The van der Waals surface area contributed by atoms with E-state index in [9.17, 15) is 4.79 Å². The summed E-state index contributed by atoms with van der Waals surface area (Å²) < 4.78 is 0. The molecule has 1 aromatic rings. The molecule has 1 aliphatic heterocycles. The van der Waals surface area contributed by atoms with E-state index in [1.807, 2.05) is 12.1 Å². The summed E-state index contributed by atoms with van der Waals surface area (Å²) in [5, 5.41) is 18.2. The predicted octanol–water partition coefficient (Wildman–Crippen LogP) is 3.44. The van der Waals surface area contributed by atoms with E-state index in [0.29, 0.717) is 17.0 Å². The Labute approximate surface area is 123 Å². The molecule has 106 valence electrons. The summed E-state index contributed by atoms with van der Waals surface area (Å²) in [4.78, 5) is 13.0. The average molecular weight is 293 g/mol. The lowest BCUT2D eigenvalue weighted by molar-refractivity contribution is -0.137. The maximum atomic E-state index is 10.7. The maximum absolute atomic E-state index is 10.7. The van der Waals surface area contributed by atoms with Gasteiger partial charge in [-0.3, -0.25) is 4.79 Å². The maximum Gasteiger partial charge on any atom is 0.303 e. The van der Waals surface area contributed by atoms with E-state index in [4.69, 9.17) is 22.0 Å². The molecule has 4 nitrogen and oxygen atoms in total. The standard InChI is InChI=1S/C15H17ClN2O2/c16-14-9-13(5-4-11(14)10-17)18-8-2-1-3-12(18)6-7-15(19)20/h4-5,9,12H,1-3,6-8H2,(H,19,20). The van der Waals surface area contributed by atoms with E-state index in [1.165, 1.54) is 0 Å². The van der Waals surface area contributed by atoms with Gasteiger partial charge in [-0.2, -0.15) is 5.26 Å². The van der Waals surface area contributed by atoms with Crippen molar-refractivity contribution in [3.63, 3.8) is 0 Å². The Morgan fingerprint density at radius 3 is 2.95 bits per heavy atom. The molecule has 0 amide bonds. The van der Waals surface area contributed by atoms with Crippen molar-refractivity contribution >= 4 is 23.3 Å². The predicted molar refractivity (Wildman–Crippen MR) is 78.0 cm³/mol. The second-order valence-corrected chi connectivity index (χ2v) is 5.46. The Kier molecular flexibility index (Phi) is 4.86. The molecule has 0 radical (unpaired) electrons. The average Bonchev–Trinajstić information content (AvgIpc) is 2.45. The highest BCUT2D eigenvalue weighted by atomic mass is 35.5. The van der Waals surface area contributed by atoms with E-state index in [1.54, 1.807) is 12.1 Å². The molecular formula is C15H17ClN2O2. The Balaban J connectivity index is 2.17. The largest absolute Gasteiger partial charge is 0.481 e. The second kappa shape index (κ2) is 6.62. The SMILES string of the molecule is N#Cc1ccc(N2CCCCC2CCC(=O)O)cc1Cl. The Bertz CT molecular complexity index is 539. The van der Waals surface area contributed by atoms with Gasteiger partial charge in [0.05, 0.1) is 10.6 Å². The number of carboxylic acids is 1. The van der Waals surface area contributed by atoms with Crippen LogP contribution >= 0.6 is 11.6 Å². The lowest BCUT2D eigenvalue weighted by Gasteiger charge is -2.37. The highest BCUT2D eigenvalue weighted by molar-refractivity contribution is 6.32. The van der Waals surface area contributed by atoms with Crippen LogP contribution in [0.5, 0.6) is 0 Å². The third-order valence-electron chi connectivity index (χ3n) is 3.72. The number of halogens is 1. The zero-order valence-corrected chi connectivity index (χ0v) is 11.9. The van der Waals surface area contributed by atoms with Gasteiger partial charge in [0.25, 0.3) is 0 Å². The van der Waals surface area contributed by atoms with Crippen molar-refractivity contribution in [1.29, 1.82) is 5.26 Å². The number of carboxylic acid groups (broad SMARTS) is 1. The third-order valence-corrected chi connectivity index (χ3v) is 4.04. The van der Waals surface area contributed by atoms with Gasteiger partial charge in [-0.15, -0.1) is 0 Å². The number of rotatable bonds is 4. The van der Waals surface area contributed by atoms with Crippen molar-refractivity contribution in [3.8, 4) is 6.07 Å². The van der Waals surface area contributed by atoms with Crippen molar-refractivity contribution in [2.45, 2.75) is 38.1 Å². The fourth-order valence-electron chi connectivity index (χ4n) is 2.70. The molecule has 1 aromatic carbocycles. The molecule has 1 fully saturated rings. The third kappa shape index (κ3) is 3.43. The first-order valence-electron chi connectivity index (χ1n) is 6.80. The molecule has 1 unspecified atom stereocenters. The molecular weight excluding hydrogens is 276 g/mol. The van der Waals surface area contributed by atoms with E-state index in [-0.39, 0.29) is 12.5 Å². The van der Waals surface area contributed by atoms with Crippen LogP contribution in [0.1, 0.15) is 37.7 Å². The van der Waals surface area contributed by atoms with Crippen LogP contribution in [0.4, 0.5) is 5.69 Å². The van der Waals surface area contributed by atoms with Crippen LogP contribution in [-0.4, -0.2) is 23.7 Å². The lowest BCUT2D eigenvalue weighted by atomic mass is 9.97. The molecule has 1 N–H and O–H groups in total. The molecule has 20 heavy (non-hydrogen) atoms. The van der Waals surface area contributed by atoms with Crippen LogP contribution in [-0.2, 0) is 4.79 Å². The van der Waals surface area contributed by atoms with Gasteiger partial charge in [-0.25, -0.2) is 0 Å². The first kappa shape index (κ1) is 14.7. The summed E-state index contributed by atoms with van der Waals surface area (Å²) in [7, 11) is 0. The van der Waals surface area contributed by atoms with Gasteiger partial charge < -0.3 is 10.0 Å². The van der Waals surface area contributed by atoms with E-state index < -0.39 is 5.97 Å². The fraction of sp³-hybridized carbons (Fsp3) is 0.467. The van der Waals surface area contributed by atoms with E-state index in [2.05, 4.69) is 4.90 Å². The minimum Gasteiger partial charge on any atom is -0.481 e. The molecule has 1 heterocycles. The van der Waals surface area contributed by atoms with Crippen molar-refractivity contribution in [2.24, 2.45) is 0 Å². The molecule has 0 saturated carbocycles. The number of nitrogens with zero attached hydrogens (tertiary/aromatic N) is 2. The lowest BCUT2D eigenvalue weighted by Crippen LogP contribution is -2.39. The van der Waals surface area contributed by atoms with Gasteiger partial charge in [-0.05, 0) is 43.9 Å². The Morgan fingerprint density at radius 1 is 1.50 bits per heavy atom. The van der Waals surface area contributed by atoms with Crippen LogP contribution < -0.4 is 4.90 Å². The Morgan fingerprint density at radius 2 is 2.30 bits per heavy atom. The van der Waals surface area contributed by atoms with Crippen LogP contribution in [0.2, 0.25) is 5.02 Å². The smallest absolute Gasteiger partial charge is 0.303 e. The number of nitriles is 1. The van der Waals surface area contributed by atoms with Crippen molar-refractivity contribution in [1.82, 2.24) is 0 Å². The second-order valence-electron chi connectivity index (χ2n) is 5.05. The molecule has 2 rings (SSSR count). The zero-order chi connectivity index (χ0) is 14.5. The number of carbonyl (C=O) groups is 1. The van der Waals surface area contributed by atoms with Gasteiger partial charge in [-0.1, -0.05) is 11.6 Å². The van der Waals surface area contributed by atoms with E-state index in [0.717, 1.165) is 31.5 Å². The first-order chi connectivity index (χ1) is 9.61. The minimum absolute atomic E-state index is 0.186. The summed E-state index contributed by atoms with van der Waals surface area (Å²) >= 11 is 6.08. The number of hydrogen-bond acceptors (Lipinski definition) is 3. The van der Waals surface area contributed by atoms with Gasteiger partial charge in [0.2, 0.25) is 0 Å². The minimum atomic E-state index is -0.756. The van der Waals surface area contributed by atoms with E-state index >= 15 is 0 Å². The van der Waals surface area contributed by atoms with Gasteiger partial charge in [0, 0.05) is 24.7 Å². The number of benzene rings is 1. The van der Waals surface area contributed by atoms with Crippen LogP contribution in [0.15, 0.2) is 18.2 Å². The molecule has 0 spiro atoms. The summed E-state index contributed by atoms with van der Waals surface area (Å²) in [5.41, 5.74) is 1.44. The number of anilines is 1. The highest BCUT2D eigenvalue weighted by Crippen LogP contribution is 2.30. The summed E-state index contributed by atoms with van der Waals surface area (Å²) in [6, 6.07) is 7.71. The van der Waals surface area contributed by atoms with Gasteiger partial charge >= 0.3 is 5.97 Å². The first-order valence-corrected chi connectivity index (χ1v) is 7.17. The molecule has 5 heteroatoms. The van der Waals surface area contributed by atoms with Crippen LogP contribution in [0, 0.1) is 11.3 Å². The van der Waals surface area contributed by atoms with Crippen molar-refractivity contribution in [3.05, 3.63) is 28.8 Å². The highest BCUT2D eigenvalue weighted by Gasteiger charge is 2.23. The normalized spacial score (nSPS) is 18.6. The molecule has 1 aliphatic rings. The van der Waals surface area contributed by atoms with Gasteiger partial charge in [0.15, 0.2) is 0 Å². The molecule has 0 aromatic heterocycles. The number of hydrogen-bond donors (Lipinski definition) is 1. The fourth-order valence-corrected chi connectivity index (χ4v) is 2.92. The monoisotopic (exact) mass is 292 g/mol. The Hall–Kier alpha value is -1.73. The molecule has 1 saturated heterocycles. The van der Waals surface area contributed by atoms with Crippen LogP contribution in [0.3, 0.4) is 0 Å². The van der Waals surface area contributed by atoms with Crippen LogP contribution in [0.25, 0.3) is 0 Å². The summed E-state index contributed by atoms with van der Waals surface area (Å²) in [6.45, 7) is 0.909. The summed E-state index contributed by atoms with van der Waals surface area (Å²) in [5.74, 6) is -0.756. The zero-order valence-electron chi connectivity index (χ0n) is 11.2. The molecule has 1 atom stereocenters. The van der Waals surface area contributed by atoms with Gasteiger partial charge in [0.1, 0.15) is 6.07 Å².